The van der Waals surface area contributed by atoms with Gasteiger partial charge in [0.1, 0.15) is 10.9 Å². The Morgan fingerprint density at radius 1 is 1.00 bits per heavy atom. The smallest absolute Gasteiger partial charge is 0.337 e. The summed E-state index contributed by atoms with van der Waals surface area (Å²) >= 11 is 6.13. The third-order valence-electron chi connectivity index (χ3n) is 6.36. The van der Waals surface area contributed by atoms with E-state index in [9.17, 15) is 9.59 Å². The minimum atomic E-state index is -0.370. The Morgan fingerprint density at radius 2 is 1.76 bits per heavy atom. The van der Waals surface area contributed by atoms with Crippen LogP contribution in [0.2, 0.25) is 5.15 Å². The number of methoxy groups -OCH3 is 2. The van der Waals surface area contributed by atoms with Crippen molar-refractivity contribution >= 4 is 23.5 Å². The van der Waals surface area contributed by atoms with Crippen LogP contribution in [0.3, 0.4) is 0 Å². The molecule has 1 atom stereocenters. The van der Waals surface area contributed by atoms with Gasteiger partial charge in [-0.25, -0.2) is 9.78 Å². The van der Waals surface area contributed by atoms with Gasteiger partial charge in [-0.2, -0.15) is 0 Å². The van der Waals surface area contributed by atoms with Gasteiger partial charge in [0.05, 0.1) is 38.1 Å². The van der Waals surface area contributed by atoms with Gasteiger partial charge in [-0.1, -0.05) is 35.9 Å². The van der Waals surface area contributed by atoms with E-state index in [1.165, 1.54) is 7.11 Å². The average molecular weight is 524 g/mol. The Balaban J connectivity index is 1.41. The van der Waals surface area contributed by atoms with E-state index >= 15 is 0 Å². The Labute approximate surface area is 221 Å². The summed E-state index contributed by atoms with van der Waals surface area (Å²) in [6.07, 6.45) is 1.36. The van der Waals surface area contributed by atoms with E-state index in [1.807, 2.05) is 41.3 Å². The number of hydrogen-bond donors (Lipinski definition) is 0. The quantitative estimate of drug-likeness (QED) is 0.306. The number of pyridine rings is 1. The molecule has 1 aliphatic rings. The average Bonchev–Trinajstić information content (AvgIpc) is 2.95. The fourth-order valence-electron chi connectivity index (χ4n) is 4.23. The minimum absolute atomic E-state index is 0.103. The summed E-state index contributed by atoms with van der Waals surface area (Å²) in [7, 11) is 3.00. The third kappa shape index (κ3) is 6.85. The predicted molar refractivity (Wildman–Crippen MR) is 140 cm³/mol. The molecule has 8 nitrogen and oxygen atoms in total. The summed E-state index contributed by atoms with van der Waals surface area (Å²) in [6.45, 7) is 3.63. The molecule has 37 heavy (non-hydrogen) atoms. The molecule has 1 aromatic heterocycles. The molecule has 0 saturated carbocycles. The van der Waals surface area contributed by atoms with Gasteiger partial charge in [0.25, 0.3) is 5.91 Å². The molecule has 1 amide bonds. The number of halogens is 1. The lowest BCUT2D eigenvalue weighted by molar-refractivity contribution is 0.00331. The van der Waals surface area contributed by atoms with Crippen LogP contribution >= 0.6 is 11.6 Å². The largest absolute Gasteiger partial charge is 0.497 e. The molecule has 3 aromatic rings. The number of carbonyl (C=O) groups excluding carboxylic acids is 2. The molecular formula is C28H30ClN3O5. The molecule has 194 valence electrons. The first-order valence-corrected chi connectivity index (χ1v) is 12.4. The SMILES string of the molecule is COC(=O)c1ccc(CO[C@H](CN2CCN(C(=O)c3cccnc3Cl)CC2)c2cccc(OC)c2)cc1. The number of amides is 1. The van der Waals surface area contributed by atoms with E-state index in [1.54, 1.807) is 37.6 Å². The van der Waals surface area contributed by atoms with Crippen molar-refractivity contribution in [3.8, 4) is 5.75 Å². The van der Waals surface area contributed by atoms with Crippen LogP contribution in [0, 0.1) is 0 Å². The summed E-state index contributed by atoms with van der Waals surface area (Å²) in [5.74, 6) is 0.288. The molecule has 0 aliphatic carbocycles. The predicted octanol–water partition coefficient (Wildman–Crippen LogP) is 4.25. The van der Waals surface area contributed by atoms with Gasteiger partial charge in [-0.15, -0.1) is 0 Å². The zero-order chi connectivity index (χ0) is 26.2. The molecule has 0 N–H and O–H groups in total. The molecule has 2 heterocycles. The molecule has 1 aliphatic heterocycles. The molecule has 0 spiro atoms. The second-order valence-electron chi connectivity index (χ2n) is 8.70. The lowest BCUT2D eigenvalue weighted by atomic mass is 10.1. The lowest BCUT2D eigenvalue weighted by Gasteiger charge is -2.36. The fourth-order valence-corrected chi connectivity index (χ4v) is 4.43. The molecule has 4 rings (SSSR count). The van der Waals surface area contributed by atoms with Crippen molar-refractivity contribution in [1.29, 1.82) is 0 Å². The van der Waals surface area contributed by atoms with E-state index < -0.39 is 0 Å². The summed E-state index contributed by atoms with van der Waals surface area (Å²) in [4.78, 5) is 32.7. The van der Waals surface area contributed by atoms with Gasteiger partial charge in [-0.3, -0.25) is 9.69 Å². The number of nitrogens with zero attached hydrogens (tertiary/aromatic N) is 3. The van der Waals surface area contributed by atoms with Crippen molar-refractivity contribution in [3.63, 3.8) is 0 Å². The fraction of sp³-hybridized carbons (Fsp3) is 0.321. The number of esters is 1. The third-order valence-corrected chi connectivity index (χ3v) is 6.67. The van der Waals surface area contributed by atoms with Crippen molar-refractivity contribution in [1.82, 2.24) is 14.8 Å². The second kappa shape index (κ2) is 12.7. The van der Waals surface area contributed by atoms with E-state index in [-0.39, 0.29) is 23.1 Å². The van der Waals surface area contributed by atoms with E-state index in [4.69, 9.17) is 25.8 Å². The molecule has 1 fully saturated rings. The molecule has 2 aromatic carbocycles. The Bertz CT molecular complexity index is 1210. The van der Waals surface area contributed by atoms with Crippen LogP contribution in [0.5, 0.6) is 5.75 Å². The first-order valence-electron chi connectivity index (χ1n) is 12.0. The minimum Gasteiger partial charge on any atom is -0.497 e. The van der Waals surface area contributed by atoms with Crippen LogP contribution in [0.4, 0.5) is 0 Å². The van der Waals surface area contributed by atoms with Gasteiger partial charge >= 0.3 is 5.97 Å². The monoisotopic (exact) mass is 523 g/mol. The number of piperazine rings is 1. The highest BCUT2D eigenvalue weighted by atomic mass is 35.5. The Morgan fingerprint density at radius 3 is 2.43 bits per heavy atom. The van der Waals surface area contributed by atoms with Crippen molar-refractivity contribution in [2.24, 2.45) is 0 Å². The van der Waals surface area contributed by atoms with E-state index in [0.29, 0.717) is 50.5 Å². The number of hydrogen-bond acceptors (Lipinski definition) is 7. The highest BCUT2D eigenvalue weighted by molar-refractivity contribution is 6.32. The van der Waals surface area contributed by atoms with Crippen LogP contribution in [-0.2, 0) is 16.1 Å². The highest BCUT2D eigenvalue weighted by Gasteiger charge is 2.26. The zero-order valence-electron chi connectivity index (χ0n) is 20.9. The maximum absolute atomic E-state index is 12.9. The zero-order valence-corrected chi connectivity index (χ0v) is 21.7. The van der Waals surface area contributed by atoms with E-state index in [0.717, 1.165) is 16.9 Å². The lowest BCUT2D eigenvalue weighted by Crippen LogP contribution is -2.49. The summed E-state index contributed by atoms with van der Waals surface area (Å²) in [5.41, 5.74) is 2.87. The summed E-state index contributed by atoms with van der Waals surface area (Å²) < 4.78 is 16.6. The number of ether oxygens (including phenoxy) is 3. The molecule has 1 saturated heterocycles. The van der Waals surface area contributed by atoms with Crippen LogP contribution in [0.1, 0.15) is 37.9 Å². The molecule has 0 unspecified atom stereocenters. The molecule has 0 radical (unpaired) electrons. The number of benzene rings is 2. The first kappa shape index (κ1) is 26.6. The second-order valence-corrected chi connectivity index (χ2v) is 9.06. The van der Waals surface area contributed by atoms with Crippen LogP contribution in [0.25, 0.3) is 0 Å². The highest BCUT2D eigenvalue weighted by Crippen LogP contribution is 2.25. The maximum atomic E-state index is 12.9. The van der Waals surface area contributed by atoms with Crippen LogP contribution in [-0.4, -0.2) is 73.6 Å². The number of aromatic nitrogens is 1. The first-order chi connectivity index (χ1) is 18.0. The van der Waals surface area contributed by atoms with Crippen molar-refractivity contribution < 1.29 is 23.8 Å². The van der Waals surface area contributed by atoms with Gasteiger partial charge in [0.15, 0.2) is 0 Å². The molecule has 0 bridgehead atoms. The van der Waals surface area contributed by atoms with Gasteiger partial charge in [0.2, 0.25) is 0 Å². The Kier molecular flexibility index (Phi) is 9.11. The van der Waals surface area contributed by atoms with Crippen molar-refractivity contribution in [2.45, 2.75) is 12.7 Å². The van der Waals surface area contributed by atoms with Gasteiger partial charge in [-0.05, 0) is 47.5 Å². The van der Waals surface area contributed by atoms with Gasteiger partial charge in [0, 0.05) is 38.9 Å². The van der Waals surface area contributed by atoms with Crippen molar-refractivity contribution in [3.05, 3.63) is 94.3 Å². The van der Waals surface area contributed by atoms with Crippen molar-refractivity contribution in [2.75, 3.05) is 46.9 Å². The number of carbonyl (C=O) groups is 2. The molecule has 9 heteroatoms. The normalized spacial score (nSPS) is 14.7. The van der Waals surface area contributed by atoms with Crippen LogP contribution < -0.4 is 4.74 Å². The maximum Gasteiger partial charge on any atom is 0.337 e. The Hall–Kier alpha value is -3.46. The summed E-state index contributed by atoms with van der Waals surface area (Å²) in [6, 6.07) is 18.5. The molecular weight excluding hydrogens is 494 g/mol. The van der Waals surface area contributed by atoms with E-state index in [2.05, 4.69) is 9.88 Å². The van der Waals surface area contributed by atoms with Gasteiger partial charge < -0.3 is 19.1 Å². The standard InChI is InChI=1S/C28H30ClN3O5/c1-35-23-6-3-5-22(17-23)25(37-19-20-8-10-21(11-9-20)28(34)36-2)18-31-13-15-32(16-14-31)27(33)24-7-4-12-30-26(24)29/h3-12,17,25H,13-16,18-19H2,1-2H3/t25-/m1/s1. The topological polar surface area (TPSA) is 81.2 Å². The number of rotatable bonds is 9. The van der Waals surface area contributed by atoms with Crippen LogP contribution in [0.15, 0.2) is 66.9 Å². The summed E-state index contributed by atoms with van der Waals surface area (Å²) in [5, 5.41) is 0.223.